The van der Waals surface area contributed by atoms with Crippen LogP contribution in [0.4, 0.5) is 17.3 Å². The number of hydrogen-bond donors (Lipinski definition) is 3. The number of nitrogens with one attached hydrogen (secondary N) is 3. The number of amides is 2. The molecule has 5 rings (SSSR count). The first-order valence-corrected chi connectivity index (χ1v) is 12.3. The Kier molecular flexibility index (Phi) is 6.35. The fourth-order valence-corrected chi connectivity index (χ4v) is 5.61. The number of anilines is 3. The molecule has 0 saturated heterocycles. The summed E-state index contributed by atoms with van der Waals surface area (Å²) < 4.78 is 0. The average Bonchev–Trinajstić information content (AvgIpc) is 2.84. The van der Waals surface area contributed by atoms with E-state index in [0.717, 1.165) is 29.8 Å². The molecule has 3 N–H and O–H groups in total. The minimum absolute atomic E-state index is 0.144. The number of fused-ring (bicyclic) bond motifs is 2. The van der Waals surface area contributed by atoms with Gasteiger partial charge < -0.3 is 16.0 Å². The molecule has 2 aliphatic rings. The molecule has 34 heavy (non-hydrogen) atoms. The van der Waals surface area contributed by atoms with Crippen LogP contribution in [-0.4, -0.2) is 41.3 Å². The van der Waals surface area contributed by atoms with Gasteiger partial charge in [-0.1, -0.05) is 41.0 Å². The molecule has 0 radical (unpaired) electrons. The Morgan fingerprint density at radius 2 is 2.03 bits per heavy atom. The Balaban J connectivity index is 1.43. The van der Waals surface area contributed by atoms with Gasteiger partial charge in [0.05, 0.1) is 27.2 Å². The van der Waals surface area contributed by atoms with Crippen LogP contribution in [0.25, 0.3) is 0 Å². The van der Waals surface area contributed by atoms with Crippen molar-refractivity contribution in [2.75, 3.05) is 29.7 Å². The van der Waals surface area contributed by atoms with Gasteiger partial charge in [-0.05, 0) is 48.4 Å². The predicted molar refractivity (Wildman–Crippen MR) is 135 cm³/mol. The number of aromatic nitrogens is 2. The third-order valence-electron chi connectivity index (χ3n) is 5.71. The Hall–Kier alpha value is -2.85. The number of carbonyl (C=O) groups excluding carboxylic acids is 2. The van der Waals surface area contributed by atoms with Crippen LogP contribution in [0.3, 0.4) is 0 Å². The topological polar surface area (TPSA) is 99.2 Å². The summed E-state index contributed by atoms with van der Waals surface area (Å²) in [5, 5.41) is 10.6. The summed E-state index contributed by atoms with van der Waals surface area (Å²) in [7, 11) is 1.62. The van der Waals surface area contributed by atoms with Gasteiger partial charge >= 0.3 is 0 Å². The first kappa shape index (κ1) is 22.9. The van der Waals surface area contributed by atoms with Gasteiger partial charge in [0.15, 0.2) is 0 Å². The van der Waals surface area contributed by atoms with Crippen molar-refractivity contribution >= 4 is 64.1 Å². The van der Waals surface area contributed by atoms with Gasteiger partial charge in [-0.15, -0.1) is 0 Å². The molecule has 3 heterocycles. The second-order valence-electron chi connectivity index (χ2n) is 7.78. The highest BCUT2D eigenvalue weighted by atomic mass is 35.5. The molecule has 3 aromatic rings. The van der Waals surface area contributed by atoms with E-state index in [1.54, 1.807) is 31.3 Å². The Bertz CT molecular complexity index is 1300. The highest BCUT2D eigenvalue weighted by Gasteiger charge is 2.30. The van der Waals surface area contributed by atoms with E-state index in [1.165, 1.54) is 22.9 Å². The first-order chi connectivity index (χ1) is 16.5. The van der Waals surface area contributed by atoms with E-state index in [2.05, 4.69) is 25.9 Å². The maximum atomic E-state index is 13.1. The van der Waals surface area contributed by atoms with E-state index in [4.69, 9.17) is 23.2 Å². The molecule has 11 heteroatoms. The lowest BCUT2D eigenvalue weighted by Crippen LogP contribution is -2.35. The smallest absolute Gasteiger partial charge is 0.263 e. The van der Waals surface area contributed by atoms with Gasteiger partial charge in [0, 0.05) is 31.0 Å². The highest BCUT2D eigenvalue weighted by molar-refractivity contribution is 7.99. The molecular weight excluding hydrogens is 495 g/mol. The quantitative estimate of drug-likeness (QED) is 0.447. The monoisotopic (exact) mass is 514 g/mol. The van der Waals surface area contributed by atoms with Crippen LogP contribution in [0.1, 0.15) is 31.8 Å². The zero-order valence-electron chi connectivity index (χ0n) is 18.1. The fourth-order valence-electron chi connectivity index (χ4n) is 4.06. The number of para-hydroxylation sites is 1. The van der Waals surface area contributed by atoms with Gasteiger partial charge in [0.25, 0.3) is 11.8 Å². The Labute approximate surface area is 210 Å². The second-order valence-corrected chi connectivity index (χ2v) is 9.53. The van der Waals surface area contributed by atoms with Crippen LogP contribution in [0.5, 0.6) is 0 Å². The number of hydrogen-bond acceptors (Lipinski definition) is 7. The summed E-state index contributed by atoms with van der Waals surface area (Å²) in [5.74, 6) is 0.256. The van der Waals surface area contributed by atoms with Gasteiger partial charge in [-0.25, -0.2) is 9.97 Å². The SMILES string of the molecule is CNC(=O)c1cc(Nc2ncc3c(n2)SCN(c2c(Cl)cccc2Cl)C3=O)cc2c1CNCC2. The van der Waals surface area contributed by atoms with E-state index >= 15 is 0 Å². The molecule has 0 fully saturated rings. The van der Waals surface area contributed by atoms with Gasteiger partial charge in [-0.3, -0.25) is 14.5 Å². The molecule has 2 aromatic carbocycles. The Morgan fingerprint density at radius 1 is 1.24 bits per heavy atom. The van der Waals surface area contributed by atoms with E-state index in [1.807, 2.05) is 6.07 Å². The number of nitrogens with zero attached hydrogens (tertiary/aromatic N) is 3. The molecule has 0 saturated carbocycles. The summed E-state index contributed by atoms with van der Waals surface area (Å²) in [6.07, 6.45) is 2.32. The van der Waals surface area contributed by atoms with Crippen molar-refractivity contribution in [1.82, 2.24) is 20.6 Å². The summed E-state index contributed by atoms with van der Waals surface area (Å²) in [4.78, 5) is 36.0. The lowest BCUT2D eigenvalue weighted by atomic mass is 9.94. The summed E-state index contributed by atoms with van der Waals surface area (Å²) in [5.41, 5.74) is 4.29. The van der Waals surface area contributed by atoms with Crippen molar-refractivity contribution in [3.05, 3.63) is 68.8 Å². The van der Waals surface area contributed by atoms with Crippen LogP contribution in [0.15, 0.2) is 41.6 Å². The molecule has 174 valence electrons. The molecular formula is C23H20Cl2N6O2S. The van der Waals surface area contributed by atoms with Crippen LogP contribution >= 0.6 is 35.0 Å². The molecule has 1 aromatic heterocycles. The van der Waals surface area contributed by atoms with E-state index in [0.29, 0.717) is 50.3 Å². The zero-order chi connectivity index (χ0) is 23.8. The normalized spacial score (nSPS) is 14.9. The average molecular weight is 515 g/mol. The third-order valence-corrected chi connectivity index (χ3v) is 7.29. The third kappa shape index (κ3) is 4.20. The molecule has 0 bridgehead atoms. The first-order valence-electron chi connectivity index (χ1n) is 10.6. The molecule has 8 nitrogen and oxygen atoms in total. The zero-order valence-corrected chi connectivity index (χ0v) is 20.4. The van der Waals surface area contributed by atoms with Crippen molar-refractivity contribution in [2.45, 2.75) is 18.0 Å². The molecule has 0 aliphatic carbocycles. The maximum Gasteiger partial charge on any atom is 0.263 e. The van der Waals surface area contributed by atoms with Crippen LogP contribution in [-0.2, 0) is 13.0 Å². The van der Waals surface area contributed by atoms with Crippen molar-refractivity contribution in [1.29, 1.82) is 0 Å². The van der Waals surface area contributed by atoms with Crippen molar-refractivity contribution in [3.63, 3.8) is 0 Å². The number of thioether (sulfide) groups is 1. The molecule has 0 spiro atoms. The van der Waals surface area contributed by atoms with Crippen molar-refractivity contribution in [3.8, 4) is 0 Å². The van der Waals surface area contributed by atoms with E-state index in [9.17, 15) is 9.59 Å². The number of carbonyl (C=O) groups is 2. The second kappa shape index (κ2) is 9.42. The largest absolute Gasteiger partial charge is 0.355 e. The summed E-state index contributed by atoms with van der Waals surface area (Å²) in [6, 6.07) is 8.94. The van der Waals surface area contributed by atoms with Gasteiger partial charge in [-0.2, -0.15) is 0 Å². The van der Waals surface area contributed by atoms with Crippen molar-refractivity contribution in [2.24, 2.45) is 0 Å². The summed E-state index contributed by atoms with van der Waals surface area (Å²) >= 11 is 14.0. The number of benzene rings is 2. The van der Waals surface area contributed by atoms with Gasteiger partial charge in [0.1, 0.15) is 5.03 Å². The molecule has 0 unspecified atom stereocenters. The fraction of sp³-hybridized carbons (Fsp3) is 0.217. The Morgan fingerprint density at radius 3 is 2.79 bits per heavy atom. The van der Waals surface area contributed by atoms with Crippen molar-refractivity contribution < 1.29 is 9.59 Å². The van der Waals surface area contributed by atoms with E-state index < -0.39 is 0 Å². The molecule has 2 amide bonds. The maximum absolute atomic E-state index is 13.1. The lowest BCUT2D eigenvalue weighted by molar-refractivity contribution is 0.0959. The van der Waals surface area contributed by atoms with E-state index in [-0.39, 0.29) is 11.8 Å². The number of halogens is 2. The predicted octanol–water partition coefficient (Wildman–Crippen LogP) is 4.24. The number of rotatable bonds is 4. The summed E-state index contributed by atoms with van der Waals surface area (Å²) in [6.45, 7) is 1.50. The van der Waals surface area contributed by atoms with Crippen LogP contribution in [0, 0.1) is 0 Å². The van der Waals surface area contributed by atoms with Crippen LogP contribution < -0.4 is 20.9 Å². The highest BCUT2D eigenvalue weighted by Crippen LogP contribution is 2.39. The molecule has 2 aliphatic heterocycles. The standard InChI is InChI=1S/C23H20Cl2N6O2S/c1-26-20(32)14-8-13(7-12-5-6-27-9-15(12)14)29-23-28-10-16-21(30-23)34-11-31(22(16)33)19-17(24)3-2-4-18(19)25/h2-4,7-8,10,27H,5-6,9,11H2,1H3,(H,26,32)(H,28,29,30). The molecule has 0 atom stereocenters. The minimum atomic E-state index is -0.265. The lowest BCUT2D eigenvalue weighted by Gasteiger charge is -2.28. The minimum Gasteiger partial charge on any atom is -0.355 e. The van der Waals surface area contributed by atoms with Crippen LogP contribution in [0.2, 0.25) is 10.0 Å². The van der Waals surface area contributed by atoms with Gasteiger partial charge in [0.2, 0.25) is 5.95 Å².